The van der Waals surface area contributed by atoms with E-state index in [9.17, 15) is 24.3 Å². The first-order valence-electron chi connectivity index (χ1n) is 12.2. The predicted molar refractivity (Wildman–Crippen MR) is 138 cm³/mol. The standard InChI is InChI=1S/C27H36N4O6/c1-17(2)14-22(26(35)30-21(23(32)24(28)33)15-19-10-6-4-7-11-19)31-25(34)18(3)29-27(36)37-16-20-12-8-5-9-13-20/h4-13,17-18,21-23,32H,14-16H2,1-3H3,(H2,28,33)(H,29,36)(H,30,35)(H,31,34)/t18?,21?,22?,23-/m0/s1. The normalized spacial score (nSPS) is 14.1. The second-order valence-electron chi connectivity index (χ2n) is 9.27. The Morgan fingerprint density at radius 2 is 1.41 bits per heavy atom. The van der Waals surface area contributed by atoms with Crippen LogP contribution in [0.15, 0.2) is 60.7 Å². The van der Waals surface area contributed by atoms with E-state index in [-0.39, 0.29) is 25.4 Å². The van der Waals surface area contributed by atoms with Crippen molar-refractivity contribution in [1.82, 2.24) is 16.0 Å². The molecule has 6 N–H and O–H groups in total. The molecular weight excluding hydrogens is 476 g/mol. The number of alkyl carbamates (subject to hydrolysis) is 1. The van der Waals surface area contributed by atoms with E-state index in [1.54, 1.807) is 36.4 Å². The number of carbonyl (C=O) groups excluding carboxylic acids is 4. The number of primary amides is 1. The molecule has 4 atom stereocenters. The van der Waals surface area contributed by atoms with Gasteiger partial charge in [-0.2, -0.15) is 0 Å². The van der Waals surface area contributed by atoms with Crippen molar-refractivity contribution < 1.29 is 29.0 Å². The maximum absolute atomic E-state index is 13.1. The number of rotatable bonds is 13. The number of nitrogens with two attached hydrogens (primary N) is 1. The fourth-order valence-electron chi connectivity index (χ4n) is 3.60. The monoisotopic (exact) mass is 512 g/mol. The highest BCUT2D eigenvalue weighted by Gasteiger charge is 2.31. The second kappa shape index (κ2) is 14.6. The van der Waals surface area contributed by atoms with Crippen molar-refractivity contribution in [3.05, 3.63) is 71.8 Å². The van der Waals surface area contributed by atoms with E-state index in [2.05, 4.69) is 16.0 Å². The van der Waals surface area contributed by atoms with Crippen molar-refractivity contribution in [3.63, 3.8) is 0 Å². The van der Waals surface area contributed by atoms with Crippen LogP contribution in [0, 0.1) is 5.92 Å². The van der Waals surface area contributed by atoms with Crippen molar-refractivity contribution in [2.24, 2.45) is 11.7 Å². The molecule has 10 heteroatoms. The number of nitrogens with one attached hydrogen (secondary N) is 3. The van der Waals surface area contributed by atoms with E-state index >= 15 is 0 Å². The Morgan fingerprint density at radius 1 is 0.838 bits per heavy atom. The summed E-state index contributed by atoms with van der Waals surface area (Å²) in [5.74, 6) is -2.11. The van der Waals surface area contributed by atoms with Gasteiger partial charge in [-0.25, -0.2) is 4.79 Å². The number of benzene rings is 2. The topological polar surface area (TPSA) is 160 Å². The summed E-state index contributed by atoms with van der Waals surface area (Å²) in [6, 6.07) is 15.1. The molecule has 2 aromatic rings. The first-order valence-corrected chi connectivity index (χ1v) is 12.2. The fraction of sp³-hybridized carbons (Fsp3) is 0.407. The minimum Gasteiger partial charge on any atom is -0.445 e. The maximum atomic E-state index is 13.1. The summed E-state index contributed by atoms with van der Waals surface area (Å²) in [4.78, 5) is 49.7. The number of hydrogen-bond donors (Lipinski definition) is 5. The lowest BCUT2D eigenvalue weighted by Crippen LogP contribution is -2.57. The number of aliphatic hydroxyl groups excluding tert-OH is 1. The molecule has 0 fully saturated rings. The van der Waals surface area contributed by atoms with Gasteiger partial charge in [0.05, 0.1) is 6.04 Å². The van der Waals surface area contributed by atoms with Crippen LogP contribution in [0.2, 0.25) is 0 Å². The minimum absolute atomic E-state index is 0.0313. The molecule has 0 spiro atoms. The van der Waals surface area contributed by atoms with Crippen LogP contribution in [0.3, 0.4) is 0 Å². The van der Waals surface area contributed by atoms with Gasteiger partial charge in [0.2, 0.25) is 17.7 Å². The zero-order valence-corrected chi connectivity index (χ0v) is 21.3. The molecule has 0 aliphatic rings. The second-order valence-corrected chi connectivity index (χ2v) is 9.27. The molecule has 200 valence electrons. The van der Waals surface area contributed by atoms with Crippen molar-refractivity contribution in [2.75, 3.05) is 0 Å². The maximum Gasteiger partial charge on any atom is 0.408 e. The van der Waals surface area contributed by atoms with Gasteiger partial charge in [0.25, 0.3) is 0 Å². The molecule has 0 aromatic heterocycles. The van der Waals surface area contributed by atoms with Crippen LogP contribution in [0.1, 0.15) is 38.3 Å². The van der Waals surface area contributed by atoms with E-state index < -0.39 is 48.0 Å². The number of ether oxygens (including phenoxy) is 1. The molecule has 2 rings (SSSR count). The van der Waals surface area contributed by atoms with Crippen LogP contribution in [0.4, 0.5) is 4.79 Å². The smallest absolute Gasteiger partial charge is 0.408 e. The highest BCUT2D eigenvalue weighted by Crippen LogP contribution is 2.10. The molecule has 0 saturated carbocycles. The van der Waals surface area contributed by atoms with Gasteiger partial charge < -0.3 is 31.5 Å². The Bertz CT molecular complexity index is 1030. The Labute approximate surface area is 217 Å². The quantitative estimate of drug-likeness (QED) is 0.273. The Balaban J connectivity index is 2.01. The average Bonchev–Trinajstić information content (AvgIpc) is 2.87. The molecule has 4 amide bonds. The van der Waals surface area contributed by atoms with E-state index in [1.165, 1.54) is 6.92 Å². The molecule has 2 aromatic carbocycles. The summed E-state index contributed by atoms with van der Waals surface area (Å²) in [5, 5.41) is 18.1. The third kappa shape index (κ3) is 10.3. The third-order valence-corrected chi connectivity index (χ3v) is 5.58. The van der Waals surface area contributed by atoms with E-state index in [4.69, 9.17) is 10.5 Å². The van der Waals surface area contributed by atoms with Crippen molar-refractivity contribution >= 4 is 23.8 Å². The molecule has 0 saturated heterocycles. The largest absolute Gasteiger partial charge is 0.445 e. The molecule has 0 bridgehead atoms. The highest BCUT2D eigenvalue weighted by molar-refractivity contribution is 5.91. The predicted octanol–water partition coefficient (Wildman–Crippen LogP) is 1.41. The molecule has 10 nitrogen and oxygen atoms in total. The van der Waals surface area contributed by atoms with Gasteiger partial charge in [0.15, 0.2) is 6.10 Å². The summed E-state index contributed by atoms with van der Waals surface area (Å²) in [6.07, 6.45) is -1.96. The third-order valence-electron chi connectivity index (χ3n) is 5.58. The molecule has 3 unspecified atom stereocenters. The van der Waals surface area contributed by atoms with Crippen molar-refractivity contribution in [3.8, 4) is 0 Å². The lowest BCUT2D eigenvalue weighted by molar-refractivity contribution is -0.133. The van der Waals surface area contributed by atoms with Gasteiger partial charge in [-0.15, -0.1) is 0 Å². The molecule has 0 heterocycles. The number of amides is 4. The summed E-state index contributed by atoms with van der Waals surface area (Å²) < 4.78 is 5.14. The van der Waals surface area contributed by atoms with Crippen LogP contribution < -0.4 is 21.7 Å². The van der Waals surface area contributed by atoms with Crippen LogP contribution in [0.25, 0.3) is 0 Å². The summed E-state index contributed by atoms with van der Waals surface area (Å²) >= 11 is 0. The Morgan fingerprint density at radius 3 is 1.95 bits per heavy atom. The van der Waals surface area contributed by atoms with Gasteiger partial charge in [0.1, 0.15) is 18.7 Å². The van der Waals surface area contributed by atoms with Gasteiger partial charge in [-0.1, -0.05) is 74.5 Å². The van der Waals surface area contributed by atoms with E-state index in [1.807, 2.05) is 38.1 Å². The Hall–Kier alpha value is -3.92. The number of aliphatic hydroxyl groups is 1. The van der Waals surface area contributed by atoms with Crippen molar-refractivity contribution in [2.45, 2.75) is 64.4 Å². The Kier molecular flexibility index (Phi) is 11.6. The lowest BCUT2D eigenvalue weighted by atomic mass is 9.98. The summed E-state index contributed by atoms with van der Waals surface area (Å²) in [6.45, 7) is 5.28. The zero-order chi connectivity index (χ0) is 27.4. The number of carbonyl (C=O) groups is 4. The molecular formula is C27H36N4O6. The van der Waals surface area contributed by atoms with Gasteiger partial charge in [-0.3, -0.25) is 14.4 Å². The number of hydrogen-bond acceptors (Lipinski definition) is 6. The molecule has 37 heavy (non-hydrogen) atoms. The van der Waals surface area contributed by atoms with Gasteiger partial charge in [0, 0.05) is 0 Å². The van der Waals surface area contributed by atoms with Crippen LogP contribution in [0.5, 0.6) is 0 Å². The summed E-state index contributed by atoms with van der Waals surface area (Å²) in [5.41, 5.74) is 6.87. The van der Waals surface area contributed by atoms with Crippen LogP contribution in [-0.4, -0.2) is 53.2 Å². The SMILES string of the molecule is CC(C)CC(NC(=O)C(C)NC(=O)OCc1ccccc1)C(=O)NC(Cc1ccccc1)[C@H](O)C(N)=O. The van der Waals surface area contributed by atoms with Gasteiger partial charge >= 0.3 is 6.09 Å². The molecule has 0 aliphatic heterocycles. The average molecular weight is 513 g/mol. The lowest BCUT2D eigenvalue weighted by Gasteiger charge is -2.27. The zero-order valence-electron chi connectivity index (χ0n) is 21.3. The molecule has 0 aliphatic carbocycles. The van der Waals surface area contributed by atoms with Gasteiger partial charge in [-0.05, 0) is 36.8 Å². The van der Waals surface area contributed by atoms with Crippen LogP contribution >= 0.6 is 0 Å². The minimum atomic E-state index is -1.63. The van der Waals surface area contributed by atoms with E-state index in [0.29, 0.717) is 0 Å². The van der Waals surface area contributed by atoms with E-state index in [0.717, 1.165) is 11.1 Å². The highest BCUT2D eigenvalue weighted by atomic mass is 16.5. The first kappa shape index (κ1) is 29.3. The van der Waals surface area contributed by atoms with Crippen LogP contribution in [-0.2, 0) is 32.1 Å². The van der Waals surface area contributed by atoms with Crippen molar-refractivity contribution in [1.29, 1.82) is 0 Å². The summed E-state index contributed by atoms with van der Waals surface area (Å²) in [7, 11) is 0. The first-order chi connectivity index (χ1) is 17.6. The fourth-order valence-corrected chi connectivity index (χ4v) is 3.60. The molecule has 0 radical (unpaired) electrons.